The van der Waals surface area contributed by atoms with E-state index in [1.54, 1.807) is 7.11 Å². The monoisotopic (exact) mass is 373 g/mol. The number of benzene rings is 2. The van der Waals surface area contributed by atoms with Gasteiger partial charge in [0.25, 0.3) is 5.91 Å². The molecule has 3 aromatic rings. The van der Waals surface area contributed by atoms with Crippen molar-refractivity contribution < 1.29 is 9.53 Å². The molecule has 0 aliphatic carbocycles. The van der Waals surface area contributed by atoms with Crippen LogP contribution in [0.15, 0.2) is 48.5 Å². The Morgan fingerprint density at radius 3 is 2.93 bits per heavy atom. The van der Waals surface area contributed by atoms with Crippen LogP contribution in [0.25, 0.3) is 22.2 Å². The van der Waals surface area contributed by atoms with Crippen molar-refractivity contribution >= 4 is 16.8 Å². The fraction of sp³-hybridized carbons (Fsp3) is 0.304. The molecule has 3 heterocycles. The van der Waals surface area contributed by atoms with Gasteiger partial charge in [0.05, 0.1) is 12.8 Å². The van der Waals surface area contributed by atoms with Gasteiger partial charge in [-0.1, -0.05) is 24.3 Å². The van der Waals surface area contributed by atoms with E-state index in [-0.39, 0.29) is 5.91 Å². The Morgan fingerprint density at radius 2 is 2.11 bits per heavy atom. The van der Waals surface area contributed by atoms with Gasteiger partial charge < -0.3 is 15.0 Å². The van der Waals surface area contributed by atoms with E-state index in [2.05, 4.69) is 17.4 Å². The second-order valence-electron chi connectivity index (χ2n) is 7.53. The van der Waals surface area contributed by atoms with Crippen LogP contribution >= 0.6 is 0 Å². The third-order valence-electron chi connectivity index (χ3n) is 5.85. The van der Waals surface area contributed by atoms with Crippen molar-refractivity contribution in [2.45, 2.75) is 25.4 Å². The second kappa shape index (κ2) is 6.91. The van der Waals surface area contributed by atoms with Crippen LogP contribution in [0.5, 0.6) is 5.75 Å². The minimum absolute atomic E-state index is 0.156. The summed E-state index contributed by atoms with van der Waals surface area (Å²) in [6, 6.07) is 16.4. The normalized spacial score (nSPS) is 19.1. The Morgan fingerprint density at radius 1 is 1.18 bits per heavy atom. The molecule has 2 aliphatic rings. The first-order valence-corrected chi connectivity index (χ1v) is 9.83. The molecule has 5 nitrogen and oxygen atoms in total. The van der Waals surface area contributed by atoms with Crippen molar-refractivity contribution in [2.24, 2.45) is 0 Å². The predicted molar refractivity (Wildman–Crippen MR) is 109 cm³/mol. The molecule has 0 saturated carbocycles. The lowest BCUT2D eigenvalue weighted by Gasteiger charge is -2.31. The third kappa shape index (κ3) is 2.83. The van der Waals surface area contributed by atoms with E-state index in [1.165, 1.54) is 0 Å². The van der Waals surface area contributed by atoms with Gasteiger partial charge in [-0.15, -0.1) is 0 Å². The Hall–Kier alpha value is -2.92. The fourth-order valence-corrected chi connectivity index (χ4v) is 4.34. The van der Waals surface area contributed by atoms with Crippen molar-refractivity contribution in [1.82, 2.24) is 15.2 Å². The molecular formula is C23H23N3O2. The topological polar surface area (TPSA) is 54.5 Å². The molecule has 2 aromatic carbocycles. The van der Waals surface area contributed by atoms with Gasteiger partial charge in [-0.2, -0.15) is 0 Å². The summed E-state index contributed by atoms with van der Waals surface area (Å²) in [5.41, 5.74) is 4.70. The zero-order valence-electron chi connectivity index (χ0n) is 15.9. The van der Waals surface area contributed by atoms with Crippen molar-refractivity contribution in [3.63, 3.8) is 0 Å². The summed E-state index contributed by atoms with van der Waals surface area (Å²) in [5, 5.41) is 4.46. The summed E-state index contributed by atoms with van der Waals surface area (Å²) in [6.07, 6.45) is 2.20. The molecule has 1 N–H and O–H groups in total. The Balaban J connectivity index is 1.49. The molecule has 1 aromatic heterocycles. The summed E-state index contributed by atoms with van der Waals surface area (Å²) in [5.74, 6) is 0.926. The molecule has 1 unspecified atom stereocenters. The molecular weight excluding hydrogens is 350 g/mol. The lowest BCUT2D eigenvalue weighted by Crippen LogP contribution is -2.46. The maximum absolute atomic E-state index is 12.9. The van der Waals surface area contributed by atoms with Gasteiger partial charge in [0, 0.05) is 35.6 Å². The number of carbonyl (C=O) groups excluding carboxylic acids is 1. The molecule has 0 radical (unpaired) electrons. The molecule has 5 rings (SSSR count). The minimum atomic E-state index is 0.156. The number of hydrogen-bond acceptors (Lipinski definition) is 4. The number of hydrogen-bond donors (Lipinski definition) is 1. The Bertz CT molecular complexity index is 1060. The van der Waals surface area contributed by atoms with Crippen LogP contribution in [-0.4, -0.2) is 42.0 Å². The van der Waals surface area contributed by atoms with Crippen molar-refractivity contribution in [2.75, 3.05) is 20.2 Å². The summed E-state index contributed by atoms with van der Waals surface area (Å²) >= 11 is 0. The van der Waals surface area contributed by atoms with Gasteiger partial charge in [-0.05, 0) is 49.2 Å². The highest BCUT2D eigenvalue weighted by Gasteiger charge is 2.33. The Labute approximate surface area is 164 Å². The number of piperidine rings is 1. The number of para-hydroxylation sites is 1. The van der Waals surface area contributed by atoms with Crippen LogP contribution in [0.3, 0.4) is 0 Å². The van der Waals surface area contributed by atoms with Crippen LogP contribution in [0.2, 0.25) is 0 Å². The van der Waals surface area contributed by atoms with Crippen LogP contribution < -0.4 is 10.1 Å². The van der Waals surface area contributed by atoms with Crippen molar-refractivity contribution in [3.05, 3.63) is 59.7 Å². The largest absolute Gasteiger partial charge is 0.494 e. The molecule has 1 atom stereocenters. The molecule has 0 spiro atoms. The highest BCUT2D eigenvalue weighted by atomic mass is 16.5. The molecule has 142 valence electrons. The van der Waals surface area contributed by atoms with Crippen molar-refractivity contribution in [3.8, 4) is 17.0 Å². The van der Waals surface area contributed by atoms with E-state index in [1.807, 2.05) is 41.3 Å². The SMILES string of the molecule is COc1cccc2ccc(-c3ccc4c(c3)CN(C3CCCNC3)C4=O)nc12. The van der Waals surface area contributed by atoms with Gasteiger partial charge in [-0.3, -0.25) is 4.79 Å². The minimum Gasteiger partial charge on any atom is -0.494 e. The summed E-state index contributed by atoms with van der Waals surface area (Å²) in [4.78, 5) is 19.7. The van der Waals surface area contributed by atoms with E-state index < -0.39 is 0 Å². The highest BCUT2D eigenvalue weighted by Crippen LogP contribution is 2.32. The first-order chi connectivity index (χ1) is 13.7. The quantitative estimate of drug-likeness (QED) is 0.762. The van der Waals surface area contributed by atoms with E-state index in [0.717, 1.165) is 65.0 Å². The van der Waals surface area contributed by atoms with Gasteiger partial charge >= 0.3 is 0 Å². The number of ether oxygens (including phenoxy) is 1. The number of nitrogens with zero attached hydrogens (tertiary/aromatic N) is 2. The number of fused-ring (bicyclic) bond motifs is 2. The predicted octanol–water partition coefficient (Wildman–Crippen LogP) is 3.62. The molecule has 28 heavy (non-hydrogen) atoms. The van der Waals surface area contributed by atoms with Gasteiger partial charge in [0.2, 0.25) is 0 Å². The standard InChI is InChI=1S/C23H23N3O2/c1-28-21-6-2-4-15-8-10-20(25-22(15)21)16-7-9-19-17(12-16)14-26(23(19)27)18-5-3-11-24-13-18/h2,4,6-10,12,18,24H,3,5,11,13-14H2,1H3. The number of nitrogens with one attached hydrogen (secondary N) is 1. The zero-order valence-corrected chi connectivity index (χ0v) is 15.9. The number of amides is 1. The first-order valence-electron chi connectivity index (χ1n) is 9.83. The molecule has 1 saturated heterocycles. The maximum Gasteiger partial charge on any atom is 0.254 e. The molecule has 1 fully saturated rings. The van der Waals surface area contributed by atoms with Crippen LogP contribution in [0.4, 0.5) is 0 Å². The van der Waals surface area contributed by atoms with Gasteiger partial charge in [0.15, 0.2) is 0 Å². The molecule has 1 amide bonds. The van der Waals surface area contributed by atoms with Crippen LogP contribution in [0.1, 0.15) is 28.8 Å². The number of methoxy groups -OCH3 is 1. The maximum atomic E-state index is 12.9. The first kappa shape index (κ1) is 17.2. The zero-order chi connectivity index (χ0) is 19.1. The van der Waals surface area contributed by atoms with Gasteiger partial charge in [-0.25, -0.2) is 4.98 Å². The summed E-state index contributed by atoms with van der Waals surface area (Å²) in [7, 11) is 1.67. The van der Waals surface area contributed by atoms with Gasteiger partial charge in [0.1, 0.15) is 11.3 Å². The van der Waals surface area contributed by atoms with Crippen LogP contribution in [-0.2, 0) is 6.54 Å². The fourth-order valence-electron chi connectivity index (χ4n) is 4.34. The molecule has 2 aliphatic heterocycles. The number of aromatic nitrogens is 1. The number of pyridine rings is 1. The smallest absolute Gasteiger partial charge is 0.254 e. The van der Waals surface area contributed by atoms with E-state index >= 15 is 0 Å². The number of rotatable bonds is 3. The third-order valence-corrected chi connectivity index (χ3v) is 5.85. The lowest BCUT2D eigenvalue weighted by atomic mass is 10.0. The lowest BCUT2D eigenvalue weighted by molar-refractivity contribution is 0.0674. The van der Waals surface area contributed by atoms with Crippen LogP contribution in [0, 0.1) is 0 Å². The van der Waals surface area contributed by atoms with Crippen molar-refractivity contribution in [1.29, 1.82) is 0 Å². The van der Waals surface area contributed by atoms with E-state index in [0.29, 0.717) is 12.6 Å². The molecule has 5 heteroatoms. The molecule has 0 bridgehead atoms. The summed E-state index contributed by atoms with van der Waals surface area (Å²) < 4.78 is 5.47. The average molecular weight is 373 g/mol. The average Bonchev–Trinajstić information content (AvgIpc) is 3.09. The van der Waals surface area contributed by atoms with E-state index in [9.17, 15) is 4.79 Å². The number of carbonyl (C=O) groups is 1. The van der Waals surface area contributed by atoms with E-state index in [4.69, 9.17) is 9.72 Å². The second-order valence-corrected chi connectivity index (χ2v) is 7.53. The summed E-state index contributed by atoms with van der Waals surface area (Å²) in [6.45, 7) is 2.62. The highest BCUT2D eigenvalue weighted by molar-refractivity contribution is 5.99. The Kier molecular flexibility index (Phi) is 4.24.